The van der Waals surface area contributed by atoms with Gasteiger partial charge in [-0.05, 0) is 31.9 Å². The standard InChI is InChI=1S/C14H16Cl4N2O2/c1-3-5-6-14(18,13(21)22-4-2)20-19-12-10(16)7-9(15)8-11(12)17/h7-8H,3-6H2,1-2H3. The van der Waals surface area contributed by atoms with E-state index in [1.807, 2.05) is 6.92 Å². The van der Waals surface area contributed by atoms with Gasteiger partial charge in [-0.3, -0.25) is 0 Å². The fourth-order valence-electron chi connectivity index (χ4n) is 1.60. The van der Waals surface area contributed by atoms with Gasteiger partial charge < -0.3 is 4.74 Å². The molecule has 0 radical (unpaired) electrons. The van der Waals surface area contributed by atoms with E-state index >= 15 is 0 Å². The molecule has 0 heterocycles. The summed E-state index contributed by atoms with van der Waals surface area (Å²) in [4.78, 5) is 10.4. The number of alkyl halides is 1. The first-order valence-electron chi connectivity index (χ1n) is 6.77. The Morgan fingerprint density at radius 1 is 1.23 bits per heavy atom. The van der Waals surface area contributed by atoms with Gasteiger partial charge in [0.1, 0.15) is 5.69 Å². The summed E-state index contributed by atoms with van der Waals surface area (Å²) in [7, 11) is 0. The lowest BCUT2D eigenvalue weighted by Crippen LogP contribution is -2.32. The van der Waals surface area contributed by atoms with Crippen molar-refractivity contribution in [3.8, 4) is 0 Å². The van der Waals surface area contributed by atoms with Crippen molar-refractivity contribution in [2.24, 2.45) is 10.2 Å². The van der Waals surface area contributed by atoms with Crippen LogP contribution in [0.2, 0.25) is 15.1 Å². The zero-order chi connectivity index (χ0) is 16.8. The van der Waals surface area contributed by atoms with Gasteiger partial charge >= 0.3 is 5.97 Å². The first-order valence-corrected chi connectivity index (χ1v) is 8.28. The van der Waals surface area contributed by atoms with Crippen LogP contribution in [0.15, 0.2) is 22.4 Å². The van der Waals surface area contributed by atoms with Gasteiger partial charge in [-0.1, -0.05) is 59.7 Å². The van der Waals surface area contributed by atoms with Crippen molar-refractivity contribution in [3.63, 3.8) is 0 Å². The fraction of sp³-hybridized carbons (Fsp3) is 0.500. The Labute approximate surface area is 149 Å². The van der Waals surface area contributed by atoms with Gasteiger partial charge in [0.05, 0.1) is 16.7 Å². The van der Waals surface area contributed by atoms with Crippen molar-refractivity contribution in [1.29, 1.82) is 0 Å². The molecule has 1 rings (SSSR count). The molecule has 1 unspecified atom stereocenters. The number of benzene rings is 1. The van der Waals surface area contributed by atoms with Crippen molar-refractivity contribution in [3.05, 3.63) is 27.2 Å². The highest BCUT2D eigenvalue weighted by Gasteiger charge is 2.37. The number of azo groups is 1. The molecule has 0 saturated carbocycles. The van der Waals surface area contributed by atoms with Crippen LogP contribution < -0.4 is 0 Å². The van der Waals surface area contributed by atoms with Crippen molar-refractivity contribution in [1.82, 2.24) is 0 Å². The molecule has 0 aliphatic rings. The minimum Gasteiger partial charge on any atom is -0.463 e. The Morgan fingerprint density at radius 2 is 1.82 bits per heavy atom. The Balaban J connectivity index is 3.10. The molecule has 4 nitrogen and oxygen atoms in total. The maximum Gasteiger partial charge on any atom is 0.351 e. The summed E-state index contributed by atoms with van der Waals surface area (Å²) in [5.74, 6) is -0.643. The van der Waals surface area contributed by atoms with Gasteiger partial charge in [0.15, 0.2) is 0 Å². The highest BCUT2D eigenvalue weighted by molar-refractivity contribution is 6.41. The largest absolute Gasteiger partial charge is 0.463 e. The molecule has 0 N–H and O–H groups in total. The number of hydrogen-bond acceptors (Lipinski definition) is 4. The Bertz CT molecular complexity index is 543. The molecule has 1 aromatic carbocycles. The molecule has 0 spiro atoms. The predicted octanol–water partition coefficient (Wildman–Crippen LogP) is 6.42. The average Bonchev–Trinajstić information content (AvgIpc) is 2.44. The van der Waals surface area contributed by atoms with E-state index in [1.54, 1.807) is 6.92 Å². The molecule has 0 bridgehead atoms. The number of hydrogen-bond donors (Lipinski definition) is 0. The van der Waals surface area contributed by atoms with E-state index in [2.05, 4.69) is 10.2 Å². The average molecular weight is 386 g/mol. The SMILES string of the molecule is CCCCC(Cl)(N=Nc1c(Cl)cc(Cl)cc1Cl)C(=O)OCC. The maximum absolute atomic E-state index is 12.0. The molecular weight excluding hydrogens is 370 g/mol. The highest BCUT2D eigenvalue weighted by atomic mass is 35.5. The molecule has 1 atom stereocenters. The number of carbonyl (C=O) groups excluding carboxylic acids is 1. The molecule has 8 heteroatoms. The van der Waals surface area contributed by atoms with Crippen LogP contribution in [0.1, 0.15) is 33.1 Å². The third-order valence-electron chi connectivity index (χ3n) is 2.74. The van der Waals surface area contributed by atoms with Crippen LogP contribution in [-0.2, 0) is 9.53 Å². The van der Waals surface area contributed by atoms with E-state index in [4.69, 9.17) is 51.1 Å². The minimum absolute atomic E-state index is 0.206. The third-order valence-corrected chi connectivity index (χ3v) is 3.95. The Hall–Kier alpha value is -0.550. The molecule has 0 aliphatic carbocycles. The first kappa shape index (κ1) is 19.5. The summed E-state index contributed by atoms with van der Waals surface area (Å²) in [5.41, 5.74) is 0.207. The molecule has 22 heavy (non-hydrogen) atoms. The van der Waals surface area contributed by atoms with Gasteiger partial charge in [-0.15, -0.1) is 0 Å². The summed E-state index contributed by atoms with van der Waals surface area (Å²) in [5, 5.41) is 8.70. The number of esters is 1. The lowest BCUT2D eigenvalue weighted by atomic mass is 10.1. The van der Waals surface area contributed by atoms with Crippen LogP contribution in [-0.4, -0.2) is 17.6 Å². The van der Waals surface area contributed by atoms with E-state index in [9.17, 15) is 4.79 Å². The van der Waals surface area contributed by atoms with Crippen LogP contribution >= 0.6 is 46.4 Å². The van der Waals surface area contributed by atoms with E-state index < -0.39 is 11.0 Å². The first-order chi connectivity index (χ1) is 10.3. The van der Waals surface area contributed by atoms with Crippen LogP contribution in [0, 0.1) is 0 Å². The van der Waals surface area contributed by atoms with E-state index in [0.29, 0.717) is 17.9 Å². The number of nitrogens with zero attached hydrogens (tertiary/aromatic N) is 2. The van der Waals surface area contributed by atoms with Gasteiger partial charge in [0.2, 0.25) is 0 Å². The topological polar surface area (TPSA) is 51.0 Å². The maximum atomic E-state index is 12.0. The normalized spacial score (nSPS) is 14.1. The smallest absolute Gasteiger partial charge is 0.351 e. The summed E-state index contributed by atoms with van der Waals surface area (Å²) < 4.78 is 4.96. The number of ether oxygens (including phenoxy) is 1. The second-order valence-corrected chi connectivity index (χ2v) is 6.38. The second-order valence-electron chi connectivity index (χ2n) is 4.50. The summed E-state index contributed by atoms with van der Waals surface area (Å²) in [6, 6.07) is 2.96. The van der Waals surface area contributed by atoms with Crippen molar-refractivity contribution in [2.45, 2.75) is 38.1 Å². The minimum atomic E-state index is -1.59. The van der Waals surface area contributed by atoms with Crippen LogP contribution in [0.25, 0.3) is 0 Å². The summed E-state index contributed by atoms with van der Waals surface area (Å²) >= 11 is 24.2. The Kier molecular flexibility index (Phi) is 7.90. The van der Waals surface area contributed by atoms with Crippen molar-refractivity contribution >= 4 is 58.1 Å². The molecular formula is C14H16Cl4N2O2. The van der Waals surface area contributed by atoms with Crippen molar-refractivity contribution in [2.75, 3.05) is 6.61 Å². The van der Waals surface area contributed by atoms with Gasteiger partial charge in [-0.25, -0.2) is 4.79 Å². The zero-order valence-electron chi connectivity index (χ0n) is 12.2. The predicted molar refractivity (Wildman–Crippen MR) is 90.7 cm³/mol. The number of carbonyl (C=O) groups is 1. The van der Waals surface area contributed by atoms with Crippen LogP contribution in [0.4, 0.5) is 5.69 Å². The quantitative estimate of drug-likeness (QED) is 0.235. The molecule has 0 fully saturated rings. The van der Waals surface area contributed by atoms with Crippen LogP contribution in [0.3, 0.4) is 0 Å². The number of unbranched alkanes of at least 4 members (excludes halogenated alkanes) is 1. The molecule has 0 aromatic heterocycles. The van der Waals surface area contributed by atoms with Crippen LogP contribution in [0.5, 0.6) is 0 Å². The lowest BCUT2D eigenvalue weighted by molar-refractivity contribution is -0.146. The molecule has 0 saturated heterocycles. The number of rotatable bonds is 7. The van der Waals surface area contributed by atoms with E-state index in [1.165, 1.54) is 12.1 Å². The van der Waals surface area contributed by atoms with Gasteiger partial charge in [0, 0.05) is 5.02 Å². The molecule has 1 aromatic rings. The number of halogens is 4. The monoisotopic (exact) mass is 384 g/mol. The second kappa shape index (κ2) is 8.92. The zero-order valence-corrected chi connectivity index (χ0v) is 15.2. The third kappa shape index (κ3) is 5.27. The highest BCUT2D eigenvalue weighted by Crippen LogP contribution is 2.38. The molecule has 0 aliphatic heterocycles. The lowest BCUT2D eigenvalue weighted by Gasteiger charge is -2.19. The van der Waals surface area contributed by atoms with Gasteiger partial charge in [0.25, 0.3) is 5.00 Å². The Morgan fingerprint density at radius 3 is 2.32 bits per heavy atom. The van der Waals surface area contributed by atoms with E-state index in [-0.39, 0.29) is 22.3 Å². The van der Waals surface area contributed by atoms with E-state index in [0.717, 1.165) is 6.42 Å². The fourth-order valence-corrected chi connectivity index (χ4v) is 2.72. The van der Waals surface area contributed by atoms with Gasteiger partial charge in [-0.2, -0.15) is 10.2 Å². The van der Waals surface area contributed by atoms with Crippen molar-refractivity contribution < 1.29 is 9.53 Å². The molecule has 0 amide bonds. The summed E-state index contributed by atoms with van der Waals surface area (Å²) in [6.07, 6.45) is 1.85. The molecule has 122 valence electrons. The summed E-state index contributed by atoms with van der Waals surface area (Å²) in [6.45, 7) is 3.88.